The molecule has 3 aromatic rings. The molecule has 3 rings (SSSR count). The Kier molecular flexibility index (Phi) is 4.65. The lowest BCUT2D eigenvalue weighted by molar-refractivity contribution is -0.123. The van der Waals surface area contributed by atoms with Gasteiger partial charge in [0.05, 0.1) is 5.56 Å². The van der Waals surface area contributed by atoms with Crippen molar-refractivity contribution in [2.45, 2.75) is 20.0 Å². The largest absolute Gasteiger partial charge is 0.449 e. The predicted molar refractivity (Wildman–Crippen MR) is 90.5 cm³/mol. The third-order valence-electron chi connectivity index (χ3n) is 3.54. The van der Waals surface area contributed by atoms with Crippen molar-refractivity contribution in [2.24, 2.45) is 0 Å². The second-order valence-corrected chi connectivity index (χ2v) is 5.50. The van der Waals surface area contributed by atoms with Crippen LogP contribution in [-0.2, 0) is 9.53 Å². The van der Waals surface area contributed by atoms with E-state index in [1.165, 1.54) is 6.92 Å². The van der Waals surface area contributed by atoms with Gasteiger partial charge in [-0.3, -0.25) is 4.79 Å². The Morgan fingerprint density at radius 3 is 2.48 bits per heavy atom. The van der Waals surface area contributed by atoms with E-state index in [-0.39, 0.29) is 5.82 Å². The van der Waals surface area contributed by atoms with Gasteiger partial charge in [-0.1, -0.05) is 5.16 Å². The molecule has 1 atom stereocenters. The normalized spacial score (nSPS) is 11.8. The van der Waals surface area contributed by atoms with Crippen molar-refractivity contribution in [3.8, 4) is 5.69 Å². The molecule has 2 heterocycles. The van der Waals surface area contributed by atoms with E-state index in [4.69, 9.17) is 9.26 Å². The van der Waals surface area contributed by atoms with E-state index in [2.05, 4.69) is 10.5 Å². The number of hydrogen-bond donors (Lipinski definition) is 1. The van der Waals surface area contributed by atoms with Crippen LogP contribution < -0.4 is 5.32 Å². The minimum Gasteiger partial charge on any atom is -0.449 e. The van der Waals surface area contributed by atoms with Gasteiger partial charge in [0, 0.05) is 24.1 Å². The zero-order valence-electron chi connectivity index (χ0n) is 13.8. The fourth-order valence-electron chi connectivity index (χ4n) is 2.21. The van der Waals surface area contributed by atoms with E-state index in [0.717, 1.165) is 5.69 Å². The predicted octanol–water partition coefficient (Wildman–Crippen LogP) is 2.96. The summed E-state index contributed by atoms with van der Waals surface area (Å²) >= 11 is 0. The van der Waals surface area contributed by atoms with Gasteiger partial charge in [0.15, 0.2) is 11.9 Å². The fraction of sp³-hybridized carbons (Fsp3) is 0.167. The van der Waals surface area contributed by atoms with Crippen molar-refractivity contribution in [1.29, 1.82) is 0 Å². The zero-order valence-corrected chi connectivity index (χ0v) is 13.8. The van der Waals surface area contributed by atoms with Crippen LogP contribution in [0.4, 0.5) is 5.82 Å². The Balaban J connectivity index is 1.60. The molecule has 0 saturated heterocycles. The summed E-state index contributed by atoms with van der Waals surface area (Å²) in [6.07, 6.45) is 2.85. The minimum atomic E-state index is -0.964. The van der Waals surface area contributed by atoms with Gasteiger partial charge in [-0.05, 0) is 50.2 Å². The highest BCUT2D eigenvalue weighted by atomic mass is 16.5. The van der Waals surface area contributed by atoms with E-state index >= 15 is 0 Å². The van der Waals surface area contributed by atoms with E-state index < -0.39 is 18.0 Å². The molecular weight excluding hydrogens is 322 g/mol. The summed E-state index contributed by atoms with van der Waals surface area (Å²) in [7, 11) is 0. The van der Waals surface area contributed by atoms with E-state index in [9.17, 15) is 9.59 Å². The number of carbonyl (C=O) groups is 2. The molecule has 0 spiro atoms. The highest BCUT2D eigenvalue weighted by Crippen LogP contribution is 2.13. The number of amides is 1. The number of ether oxygens (including phenoxy) is 1. The van der Waals surface area contributed by atoms with Crippen LogP contribution in [-0.4, -0.2) is 27.7 Å². The number of benzene rings is 1. The first-order valence-electron chi connectivity index (χ1n) is 7.71. The number of hydrogen-bond acceptors (Lipinski definition) is 5. The summed E-state index contributed by atoms with van der Waals surface area (Å²) in [5, 5.41) is 6.18. The first-order valence-corrected chi connectivity index (χ1v) is 7.71. The maximum absolute atomic E-state index is 12.2. The molecule has 0 aliphatic rings. The molecule has 1 N–H and O–H groups in total. The van der Waals surface area contributed by atoms with Crippen LogP contribution in [0, 0.1) is 6.92 Å². The summed E-state index contributed by atoms with van der Waals surface area (Å²) in [6.45, 7) is 3.21. The highest BCUT2D eigenvalue weighted by molar-refractivity contribution is 5.96. The lowest BCUT2D eigenvalue weighted by atomic mass is 10.2. The Morgan fingerprint density at radius 1 is 1.20 bits per heavy atom. The Hall–Kier alpha value is -3.35. The topological polar surface area (TPSA) is 86.4 Å². The van der Waals surface area contributed by atoms with Crippen molar-refractivity contribution in [1.82, 2.24) is 9.72 Å². The van der Waals surface area contributed by atoms with Gasteiger partial charge in [0.2, 0.25) is 0 Å². The highest BCUT2D eigenvalue weighted by Gasteiger charge is 2.20. The van der Waals surface area contributed by atoms with Crippen LogP contribution in [0.5, 0.6) is 0 Å². The maximum Gasteiger partial charge on any atom is 0.338 e. The average molecular weight is 339 g/mol. The van der Waals surface area contributed by atoms with E-state index in [0.29, 0.717) is 11.3 Å². The fourth-order valence-corrected chi connectivity index (χ4v) is 2.21. The number of nitrogens with one attached hydrogen (secondary N) is 1. The van der Waals surface area contributed by atoms with Crippen molar-refractivity contribution in [3.05, 3.63) is 66.2 Å². The number of carbonyl (C=O) groups excluding carboxylic acids is 2. The molecule has 0 radical (unpaired) electrons. The Morgan fingerprint density at radius 2 is 1.88 bits per heavy atom. The second kappa shape index (κ2) is 7.04. The number of anilines is 1. The first kappa shape index (κ1) is 16.5. The zero-order chi connectivity index (χ0) is 17.8. The van der Waals surface area contributed by atoms with E-state index in [1.54, 1.807) is 37.3 Å². The third kappa shape index (κ3) is 3.95. The molecule has 128 valence electrons. The molecule has 0 aliphatic heterocycles. The SMILES string of the molecule is Cc1cc(NC(=O)[C@@H](C)OC(=O)c2ccc(-n3cccc3)cc2)no1. The summed E-state index contributed by atoms with van der Waals surface area (Å²) in [6, 6.07) is 12.3. The molecule has 0 fully saturated rings. The van der Waals surface area contributed by atoms with Crippen LogP contribution in [0.25, 0.3) is 5.69 Å². The van der Waals surface area contributed by atoms with Crippen molar-refractivity contribution in [3.63, 3.8) is 0 Å². The third-order valence-corrected chi connectivity index (χ3v) is 3.54. The van der Waals surface area contributed by atoms with Gasteiger partial charge in [0.25, 0.3) is 5.91 Å². The van der Waals surface area contributed by atoms with Crippen LogP contribution in [0.1, 0.15) is 23.0 Å². The lowest BCUT2D eigenvalue weighted by Gasteiger charge is -2.12. The lowest BCUT2D eigenvalue weighted by Crippen LogP contribution is -2.30. The van der Waals surface area contributed by atoms with Gasteiger partial charge < -0.3 is 19.1 Å². The summed E-state index contributed by atoms with van der Waals surface area (Å²) in [5.41, 5.74) is 1.29. The molecule has 1 aromatic carbocycles. The molecule has 0 unspecified atom stereocenters. The van der Waals surface area contributed by atoms with Gasteiger partial charge in [0.1, 0.15) is 5.76 Å². The molecule has 0 bridgehead atoms. The number of esters is 1. The van der Waals surface area contributed by atoms with Crippen LogP contribution >= 0.6 is 0 Å². The van der Waals surface area contributed by atoms with Gasteiger partial charge in [-0.15, -0.1) is 0 Å². The summed E-state index contributed by atoms with van der Waals surface area (Å²) in [5.74, 6) is -0.201. The van der Waals surface area contributed by atoms with Crippen molar-refractivity contribution in [2.75, 3.05) is 5.32 Å². The molecular formula is C18H17N3O4. The summed E-state index contributed by atoms with van der Waals surface area (Å²) < 4.78 is 12.0. The van der Waals surface area contributed by atoms with Gasteiger partial charge >= 0.3 is 5.97 Å². The average Bonchev–Trinajstić information content (AvgIpc) is 3.27. The van der Waals surface area contributed by atoms with Crippen LogP contribution in [0.3, 0.4) is 0 Å². The number of nitrogens with zero attached hydrogens (tertiary/aromatic N) is 2. The molecule has 0 aliphatic carbocycles. The molecule has 7 heteroatoms. The monoisotopic (exact) mass is 339 g/mol. The number of rotatable bonds is 5. The standard InChI is InChI=1S/C18H17N3O4/c1-12-11-16(20-25-12)19-17(22)13(2)24-18(23)14-5-7-15(8-6-14)21-9-3-4-10-21/h3-11,13H,1-2H3,(H,19,20,22)/t13-/m1/s1. The Labute approximate surface area is 144 Å². The number of aryl methyl sites for hydroxylation is 1. The molecule has 1 amide bonds. The molecule has 7 nitrogen and oxygen atoms in total. The smallest absolute Gasteiger partial charge is 0.338 e. The summed E-state index contributed by atoms with van der Waals surface area (Å²) in [4.78, 5) is 24.2. The van der Waals surface area contributed by atoms with Crippen LogP contribution in [0.2, 0.25) is 0 Å². The van der Waals surface area contributed by atoms with Crippen LogP contribution in [0.15, 0.2) is 59.4 Å². The van der Waals surface area contributed by atoms with E-state index in [1.807, 2.05) is 29.1 Å². The van der Waals surface area contributed by atoms with Crippen molar-refractivity contribution < 1.29 is 18.8 Å². The molecule has 25 heavy (non-hydrogen) atoms. The van der Waals surface area contributed by atoms with Gasteiger partial charge in [-0.2, -0.15) is 0 Å². The molecule has 0 saturated carbocycles. The second-order valence-electron chi connectivity index (χ2n) is 5.50. The quantitative estimate of drug-likeness (QED) is 0.722. The Bertz CT molecular complexity index is 866. The number of aromatic nitrogens is 2. The maximum atomic E-state index is 12.2. The van der Waals surface area contributed by atoms with Crippen molar-refractivity contribution >= 4 is 17.7 Å². The minimum absolute atomic E-state index is 0.279. The molecule has 2 aromatic heterocycles. The van der Waals surface area contributed by atoms with Gasteiger partial charge in [-0.25, -0.2) is 4.79 Å². The first-order chi connectivity index (χ1) is 12.0.